The first-order chi connectivity index (χ1) is 14.1. The molecular formula is C24H32O6. The third-order valence-corrected chi connectivity index (χ3v) is 7.08. The van der Waals surface area contributed by atoms with Gasteiger partial charge in [0.15, 0.2) is 0 Å². The molecule has 1 fully saturated rings. The van der Waals surface area contributed by atoms with E-state index in [2.05, 4.69) is 27.0 Å². The standard InChI is InChI=1S/C24H32O6/c1-7-17(25)11-20(26)29-18-9-8-16-10-19-21(14(4)12-28-19)22(24(16,6)15(18)5)30-23(27)13(2)3/h7,12,15-18,22,25H,1-2,8-11H2,3-6H3/t15-,16+,17-,18-,22+,24+/m0/s1. The smallest absolute Gasteiger partial charge is 0.333 e. The van der Waals surface area contributed by atoms with Crippen LogP contribution >= 0.6 is 0 Å². The van der Waals surface area contributed by atoms with Gasteiger partial charge in [-0.3, -0.25) is 4.79 Å². The Morgan fingerprint density at radius 1 is 1.40 bits per heavy atom. The molecule has 6 atom stereocenters. The number of hydrogen-bond donors (Lipinski definition) is 1. The Hall–Kier alpha value is -2.34. The average molecular weight is 417 g/mol. The first-order valence-electron chi connectivity index (χ1n) is 10.5. The first-order valence-corrected chi connectivity index (χ1v) is 10.5. The molecule has 0 unspecified atom stereocenters. The number of esters is 2. The second-order valence-corrected chi connectivity index (χ2v) is 8.99. The quantitative estimate of drug-likeness (QED) is 0.425. The molecule has 1 aromatic rings. The molecule has 2 aliphatic rings. The minimum absolute atomic E-state index is 0.0635. The highest BCUT2D eigenvalue weighted by Gasteiger charge is 2.57. The molecule has 6 nitrogen and oxygen atoms in total. The van der Waals surface area contributed by atoms with Crippen LogP contribution in [0.1, 0.15) is 63.0 Å². The normalized spacial score (nSPS) is 31.1. The van der Waals surface area contributed by atoms with E-state index in [0.29, 0.717) is 12.0 Å². The van der Waals surface area contributed by atoms with Gasteiger partial charge in [0, 0.05) is 28.9 Å². The van der Waals surface area contributed by atoms with Gasteiger partial charge in [0.05, 0.1) is 18.8 Å². The van der Waals surface area contributed by atoms with Crippen molar-refractivity contribution in [1.29, 1.82) is 0 Å². The molecule has 0 amide bonds. The van der Waals surface area contributed by atoms with Crippen LogP contribution in [0.15, 0.2) is 35.5 Å². The lowest BCUT2D eigenvalue weighted by atomic mass is 9.53. The monoisotopic (exact) mass is 416 g/mol. The number of rotatable bonds is 6. The van der Waals surface area contributed by atoms with Crippen LogP contribution in [0.2, 0.25) is 0 Å². The summed E-state index contributed by atoms with van der Waals surface area (Å²) in [5.41, 5.74) is 1.77. The van der Waals surface area contributed by atoms with Crippen molar-refractivity contribution in [2.75, 3.05) is 0 Å². The minimum Gasteiger partial charge on any atom is -0.469 e. The lowest BCUT2D eigenvalue weighted by Crippen LogP contribution is -2.53. The number of carbonyl (C=O) groups is 2. The zero-order chi connectivity index (χ0) is 22.2. The van der Waals surface area contributed by atoms with E-state index in [1.807, 2.05) is 6.92 Å². The summed E-state index contributed by atoms with van der Waals surface area (Å²) in [6, 6.07) is 0. The molecule has 0 aliphatic heterocycles. The van der Waals surface area contributed by atoms with Crippen molar-refractivity contribution in [3.05, 3.63) is 48.0 Å². The lowest BCUT2D eigenvalue weighted by molar-refractivity contribution is -0.186. The fourth-order valence-electron chi connectivity index (χ4n) is 5.05. The van der Waals surface area contributed by atoms with Crippen LogP contribution in [-0.2, 0) is 25.5 Å². The van der Waals surface area contributed by atoms with Gasteiger partial charge in [-0.2, -0.15) is 0 Å². The van der Waals surface area contributed by atoms with Crippen LogP contribution in [0.3, 0.4) is 0 Å². The maximum absolute atomic E-state index is 12.5. The van der Waals surface area contributed by atoms with E-state index >= 15 is 0 Å². The Balaban J connectivity index is 1.93. The maximum atomic E-state index is 12.5. The highest BCUT2D eigenvalue weighted by molar-refractivity contribution is 5.87. The topological polar surface area (TPSA) is 86.0 Å². The Morgan fingerprint density at radius 3 is 2.73 bits per heavy atom. The summed E-state index contributed by atoms with van der Waals surface area (Å²) >= 11 is 0. The van der Waals surface area contributed by atoms with Gasteiger partial charge in [-0.1, -0.05) is 26.5 Å². The van der Waals surface area contributed by atoms with Crippen LogP contribution in [0, 0.1) is 24.2 Å². The number of furan rings is 1. The van der Waals surface area contributed by atoms with Crippen LogP contribution in [0.25, 0.3) is 0 Å². The summed E-state index contributed by atoms with van der Waals surface area (Å²) < 4.78 is 17.6. The van der Waals surface area contributed by atoms with Crippen molar-refractivity contribution in [2.24, 2.45) is 17.3 Å². The van der Waals surface area contributed by atoms with Gasteiger partial charge in [-0.25, -0.2) is 4.79 Å². The molecule has 0 saturated heterocycles. The van der Waals surface area contributed by atoms with E-state index in [9.17, 15) is 14.7 Å². The summed E-state index contributed by atoms with van der Waals surface area (Å²) in [6.07, 6.45) is 3.46. The van der Waals surface area contributed by atoms with E-state index in [-0.39, 0.29) is 24.4 Å². The van der Waals surface area contributed by atoms with Gasteiger partial charge in [-0.15, -0.1) is 6.58 Å². The molecule has 1 N–H and O–H groups in total. The van der Waals surface area contributed by atoms with Crippen molar-refractivity contribution < 1.29 is 28.6 Å². The predicted octanol–water partition coefficient (Wildman–Crippen LogP) is 4.21. The molecule has 164 valence electrons. The Kier molecular flexibility index (Phi) is 6.27. The Bertz CT molecular complexity index is 852. The Labute approximate surface area is 177 Å². The van der Waals surface area contributed by atoms with Gasteiger partial charge in [-0.05, 0) is 38.2 Å². The van der Waals surface area contributed by atoms with Crippen molar-refractivity contribution in [2.45, 2.75) is 71.7 Å². The van der Waals surface area contributed by atoms with Crippen molar-refractivity contribution in [3.63, 3.8) is 0 Å². The third kappa shape index (κ3) is 3.85. The molecule has 1 saturated carbocycles. The number of carbonyl (C=O) groups excluding carboxylic acids is 2. The summed E-state index contributed by atoms with van der Waals surface area (Å²) in [5, 5.41) is 9.68. The fraction of sp³-hybridized carbons (Fsp3) is 0.583. The highest BCUT2D eigenvalue weighted by Crippen LogP contribution is 2.60. The number of ether oxygens (including phenoxy) is 2. The number of aliphatic hydroxyl groups is 1. The molecule has 2 aliphatic carbocycles. The predicted molar refractivity (Wildman–Crippen MR) is 111 cm³/mol. The maximum Gasteiger partial charge on any atom is 0.333 e. The largest absolute Gasteiger partial charge is 0.469 e. The van der Waals surface area contributed by atoms with Gasteiger partial charge >= 0.3 is 11.9 Å². The van der Waals surface area contributed by atoms with E-state index in [1.54, 1.807) is 13.2 Å². The van der Waals surface area contributed by atoms with Crippen molar-refractivity contribution in [3.8, 4) is 0 Å². The summed E-state index contributed by atoms with van der Waals surface area (Å²) in [7, 11) is 0. The summed E-state index contributed by atoms with van der Waals surface area (Å²) in [4.78, 5) is 24.8. The van der Waals surface area contributed by atoms with Crippen molar-refractivity contribution >= 4 is 11.9 Å². The molecule has 1 heterocycles. The van der Waals surface area contributed by atoms with Crippen LogP contribution in [0.5, 0.6) is 0 Å². The zero-order valence-electron chi connectivity index (χ0n) is 18.3. The zero-order valence-corrected chi connectivity index (χ0v) is 18.3. The molecule has 1 aromatic heterocycles. The number of aliphatic hydroxyl groups excluding tert-OH is 1. The molecule has 3 rings (SSSR count). The van der Waals surface area contributed by atoms with Gasteiger partial charge in [0.1, 0.15) is 18.0 Å². The molecule has 0 radical (unpaired) electrons. The van der Waals surface area contributed by atoms with E-state index in [0.717, 1.165) is 29.7 Å². The molecule has 0 aromatic carbocycles. The van der Waals surface area contributed by atoms with E-state index in [1.165, 1.54) is 6.08 Å². The Morgan fingerprint density at radius 2 is 2.10 bits per heavy atom. The molecule has 0 spiro atoms. The fourth-order valence-corrected chi connectivity index (χ4v) is 5.05. The van der Waals surface area contributed by atoms with Gasteiger partial charge < -0.3 is 19.0 Å². The average Bonchev–Trinajstić information content (AvgIpc) is 3.05. The summed E-state index contributed by atoms with van der Waals surface area (Å²) in [5.74, 6) is 0.140. The second-order valence-electron chi connectivity index (χ2n) is 8.99. The first kappa shape index (κ1) is 22.3. The molecular weight excluding hydrogens is 384 g/mol. The number of fused-ring (bicyclic) bond motifs is 2. The lowest BCUT2D eigenvalue weighted by Gasteiger charge is -2.54. The van der Waals surface area contributed by atoms with Crippen molar-refractivity contribution in [1.82, 2.24) is 0 Å². The van der Waals surface area contributed by atoms with Gasteiger partial charge in [0.2, 0.25) is 0 Å². The minimum atomic E-state index is -0.921. The van der Waals surface area contributed by atoms with Crippen LogP contribution in [0.4, 0.5) is 0 Å². The number of hydrogen-bond acceptors (Lipinski definition) is 6. The van der Waals surface area contributed by atoms with Crippen LogP contribution < -0.4 is 0 Å². The third-order valence-electron chi connectivity index (χ3n) is 7.08. The molecule has 0 bridgehead atoms. The SMILES string of the molecule is C=C[C@H](O)CC(=O)O[C@H]1CC[C@@H]2Cc3occ(C)c3[C@@H](OC(=O)C(=C)C)[C@]2(C)[C@H]1C. The number of aryl methyl sites for hydroxylation is 1. The van der Waals surface area contributed by atoms with E-state index in [4.69, 9.17) is 13.9 Å². The highest BCUT2D eigenvalue weighted by atomic mass is 16.6. The molecule has 6 heteroatoms. The second kappa shape index (κ2) is 8.42. The summed E-state index contributed by atoms with van der Waals surface area (Å²) in [6.45, 7) is 15.0. The van der Waals surface area contributed by atoms with Gasteiger partial charge in [0.25, 0.3) is 0 Å². The van der Waals surface area contributed by atoms with E-state index < -0.39 is 29.6 Å². The van der Waals surface area contributed by atoms with Crippen LogP contribution in [-0.4, -0.2) is 29.3 Å². The molecule has 30 heavy (non-hydrogen) atoms.